The Bertz CT molecular complexity index is 262. The van der Waals surface area contributed by atoms with Crippen LogP contribution < -0.4 is 0 Å². The van der Waals surface area contributed by atoms with Gasteiger partial charge >= 0.3 is 0 Å². The number of hydrogen-bond donors (Lipinski definition) is 0. The molecule has 0 amide bonds. The summed E-state index contributed by atoms with van der Waals surface area (Å²) < 4.78 is 5.54. The molecule has 1 aliphatic rings. The van der Waals surface area contributed by atoms with Gasteiger partial charge in [0, 0.05) is 0 Å². The minimum Gasteiger partial charge on any atom is -0.375 e. The third-order valence-corrected chi connectivity index (χ3v) is 2.87. The minimum absolute atomic E-state index is 0.176. The van der Waals surface area contributed by atoms with Crippen LogP contribution in [0.3, 0.4) is 0 Å². The quantitative estimate of drug-likeness (QED) is 0.688. The highest BCUT2D eigenvalue weighted by molar-refractivity contribution is 5.15. The van der Waals surface area contributed by atoms with Gasteiger partial charge in [-0.05, 0) is 31.7 Å². The molecule has 1 unspecified atom stereocenters. The van der Waals surface area contributed by atoms with Crippen molar-refractivity contribution in [2.24, 2.45) is 0 Å². The Morgan fingerprint density at radius 2 is 2.00 bits per heavy atom. The van der Waals surface area contributed by atoms with Crippen LogP contribution in [0.1, 0.15) is 25.3 Å². The van der Waals surface area contributed by atoms with Crippen LogP contribution in [0.15, 0.2) is 30.3 Å². The Morgan fingerprint density at radius 1 is 1.31 bits per heavy atom. The zero-order valence-corrected chi connectivity index (χ0v) is 8.12. The Hall–Kier alpha value is -0.820. The number of rotatable bonds is 3. The van der Waals surface area contributed by atoms with Crippen LogP contribution in [0.5, 0.6) is 0 Å². The highest BCUT2D eigenvalue weighted by atomic mass is 16.5. The van der Waals surface area contributed by atoms with Gasteiger partial charge in [0.15, 0.2) is 0 Å². The van der Waals surface area contributed by atoms with E-state index in [1.807, 2.05) is 0 Å². The van der Waals surface area contributed by atoms with Crippen LogP contribution in [0.4, 0.5) is 0 Å². The molecule has 0 N–H and O–H groups in total. The first kappa shape index (κ1) is 8.76. The summed E-state index contributed by atoms with van der Waals surface area (Å²) in [6, 6.07) is 10.6. The van der Waals surface area contributed by atoms with Crippen LogP contribution in [-0.4, -0.2) is 12.2 Å². The van der Waals surface area contributed by atoms with E-state index >= 15 is 0 Å². The molecule has 1 heteroatoms. The molecule has 2 rings (SSSR count). The van der Waals surface area contributed by atoms with Gasteiger partial charge in [0.2, 0.25) is 0 Å². The summed E-state index contributed by atoms with van der Waals surface area (Å²) in [5.41, 5.74) is 1.59. The van der Waals surface area contributed by atoms with Crippen molar-refractivity contribution in [2.45, 2.75) is 31.8 Å². The molecule has 1 heterocycles. The molecule has 1 nitrogen and oxygen atoms in total. The van der Waals surface area contributed by atoms with Gasteiger partial charge in [0.05, 0.1) is 12.2 Å². The Morgan fingerprint density at radius 3 is 2.54 bits per heavy atom. The summed E-state index contributed by atoms with van der Waals surface area (Å²) in [4.78, 5) is 0. The van der Waals surface area contributed by atoms with E-state index in [-0.39, 0.29) is 5.60 Å². The molecular weight excluding hydrogens is 160 g/mol. The first-order chi connectivity index (χ1) is 6.29. The maximum atomic E-state index is 5.54. The molecule has 0 saturated carbocycles. The molecule has 1 fully saturated rings. The van der Waals surface area contributed by atoms with E-state index in [1.165, 1.54) is 12.0 Å². The Labute approximate surface area is 79.7 Å². The Kier molecular flexibility index (Phi) is 2.36. The van der Waals surface area contributed by atoms with Gasteiger partial charge in [-0.25, -0.2) is 0 Å². The fraction of sp³-hybridized carbons (Fsp3) is 0.500. The van der Waals surface area contributed by atoms with Crippen LogP contribution in [-0.2, 0) is 11.2 Å². The van der Waals surface area contributed by atoms with Gasteiger partial charge in [-0.15, -0.1) is 0 Å². The van der Waals surface area contributed by atoms with E-state index in [0.717, 1.165) is 19.4 Å². The number of benzene rings is 1. The lowest BCUT2D eigenvalue weighted by atomic mass is 9.90. The van der Waals surface area contributed by atoms with Crippen LogP contribution >= 0.6 is 0 Å². The van der Waals surface area contributed by atoms with Gasteiger partial charge in [-0.2, -0.15) is 0 Å². The second kappa shape index (κ2) is 3.51. The van der Waals surface area contributed by atoms with Crippen molar-refractivity contribution < 1.29 is 4.74 Å². The van der Waals surface area contributed by atoms with Crippen molar-refractivity contribution >= 4 is 0 Å². The van der Waals surface area contributed by atoms with E-state index in [0.29, 0.717) is 0 Å². The molecule has 70 valence electrons. The minimum atomic E-state index is 0.176. The van der Waals surface area contributed by atoms with Gasteiger partial charge in [-0.3, -0.25) is 0 Å². The topological polar surface area (TPSA) is 9.23 Å². The van der Waals surface area contributed by atoms with E-state index < -0.39 is 0 Å². The predicted octanol–water partition coefficient (Wildman–Crippen LogP) is 2.80. The van der Waals surface area contributed by atoms with Gasteiger partial charge in [-0.1, -0.05) is 30.3 Å². The second-order valence-corrected chi connectivity index (χ2v) is 4.03. The standard InChI is InChI=1S/C12H16O/c1-12(9-10-13-12)8-7-11-5-3-2-4-6-11/h2-6H,7-10H2,1H3. The van der Waals surface area contributed by atoms with E-state index in [4.69, 9.17) is 4.74 Å². The lowest BCUT2D eigenvalue weighted by Gasteiger charge is -2.38. The first-order valence-corrected chi connectivity index (χ1v) is 4.96. The summed E-state index contributed by atoms with van der Waals surface area (Å²) in [6.45, 7) is 3.16. The Balaban J connectivity index is 1.86. The van der Waals surface area contributed by atoms with Crippen molar-refractivity contribution in [3.63, 3.8) is 0 Å². The average molecular weight is 176 g/mol. The monoisotopic (exact) mass is 176 g/mol. The smallest absolute Gasteiger partial charge is 0.0679 e. The molecule has 0 bridgehead atoms. The number of ether oxygens (including phenoxy) is 1. The molecule has 1 aliphatic heterocycles. The molecule has 0 radical (unpaired) electrons. The summed E-state index contributed by atoms with van der Waals surface area (Å²) in [5.74, 6) is 0. The molecule has 1 aromatic rings. The SMILES string of the molecule is CC1(CCc2ccccc2)CCO1. The van der Waals surface area contributed by atoms with Crippen LogP contribution in [0.2, 0.25) is 0 Å². The normalized spacial score (nSPS) is 26.8. The zero-order valence-electron chi connectivity index (χ0n) is 8.12. The van der Waals surface area contributed by atoms with Crippen LogP contribution in [0, 0.1) is 0 Å². The molecule has 0 spiro atoms. The summed E-state index contributed by atoms with van der Waals surface area (Å²) >= 11 is 0. The first-order valence-electron chi connectivity index (χ1n) is 4.96. The molecular formula is C12H16O. The lowest BCUT2D eigenvalue weighted by Crippen LogP contribution is -2.40. The largest absolute Gasteiger partial charge is 0.375 e. The highest BCUT2D eigenvalue weighted by Gasteiger charge is 2.32. The van der Waals surface area contributed by atoms with E-state index in [9.17, 15) is 0 Å². The van der Waals surface area contributed by atoms with Crippen molar-refractivity contribution in [2.75, 3.05) is 6.61 Å². The third kappa shape index (κ3) is 2.10. The zero-order chi connectivity index (χ0) is 9.15. The second-order valence-electron chi connectivity index (χ2n) is 4.03. The lowest BCUT2D eigenvalue weighted by molar-refractivity contribution is -0.137. The summed E-state index contributed by atoms with van der Waals surface area (Å²) in [6.07, 6.45) is 3.51. The molecule has 1 saturated heterocycles. The third-order valence-electron chi connectivity index (χ3n) is 2.87. The van der Waals surface area contributed by atoms with E-state index in [1.54, 1.807) is 0 Å². The van der Waals surface area contributed by atoms with Crippen molar-refractivity contribution in [3.8, 4) is 0 Å². The average Bonchev–Trinajstić information content (AvgIpc) is 2.13. The fourth-order valence-electron chi connectivity index (χ4n) is 1.70. The molecule has 0 aromatic heterocycles. The van der Waals surface area contributed by atoms with Gasteiger partial charge < -0.3 is 4.74 Å². The predicted molar refractivity (Wildman–Crippen MR) is 53.7 cm³/mol. The fourth-order valence-corrected chi connectivity index (χ4v) is 1.70. The van der Waals surface area contributed by atoms with Gasteiger partial charge in [0.25, 0.3) is 0 Å². The summed E-state index contributed by atoms with van der Waals surface area (Å²) in [5, 5.41) is 0. The maximum Gasteiger partial charge on any atom is 0.0679 e. The summed E-state index contributed by atoms with van der Waals surface area (Å²) in [7, 11) is 0. The van der Waals surface area contributed by atoms with E-state index in [2.05, 4.69) is 37.3 Å². The molecule has 13 heavy (non-hydrogen) atoms. The van der Waals surface area contributed by atoms with Crippen LogP contribution in [0.25, 0.3) is 0 Å². The molecule has 0 aliphatic carbocycles. The van der Waals surface area contributed by atoms with Crippen molar-refractivity contribution in [3.05, 3.63) is 35.9 Å². The highest BCUT2D eigenvalue weighted by Crippen LogP contribution is 2.30. The van der Waals surface area contributed by atoms with Gasteiger partial charge in [0.1, 0.15) is 0 Å². The maximum absolute atomic E-state index is 5.54. The molecule has 1 aromatic carbocycles. The molecule has 1 atom stereocenters. The van der Waals surface area contributed by atoms with Crippen molar-refractivity contribution in [1.82, 2.24) is 0 Å². The number of hydrogen-bond acceptors (Lipinski definition) is 1. The number of aryl methyl sites for hydroxylation is 1. The van der Waals surface area contributed by atoms with Crippen molar-refractivity contribution in [1.29, 1.82) is 0 Å².